The molecule has 0 aromatic rings. The van der Waals surface area contributed by atoms with Crippen molar-refractivity contribution in [1.29, 1.82) is 0 Å². The van der Waals surface area contributed by atoms with Gasteiger partial charge in [0.05, 0.1) is 0 Å². The molecule has 0 saturated heterocycles. The van der Waals surface area contributed by atoms with Crippen molar-refractivity contribution in [3.05, 3.63) is 0 Å². The largest absolute Gasteiger partial charge is 0.381 e. The average molecular weight is 287 g/mol. The molecule has 120 valence electrons. The van der Waals surface area contributed by atoms with Crippen molar-refractivity contribution in [2.45, 2.75) is 65.7 Å². The first-order valence-corrected chi connectivity index (χ1v) is 7.90. The molecule has 1 atom stereocenters. The zero-order valence-corrected chi connectivity index (χ0v) is 13.4. The van der Waals surface area contributed by atoms with Crippen molar-refractivity contribution in [1.82, 2.24) is 5.32 Å². The van der Waals surface area contributed by atoms with E-state index in [-0.39, 0.29) is 13.1 Å². The summed E-state index contributed by atoms with van der Waals surface area (Å²) in [5, 5.41) is 2.90. The molecule has 0 aliphatic heterocycles. The lowest BCUT2D eigenvalue weighted by molar-refractivity contribution is -0.121. The highest BCUT2D eigenvalue weighted by atomic mass is 16.5. The molecule has 1 unspecified atom stereocenters. The van der Waals surface area contributed by atoms with Crippen molar-refractivity contribution in [2.24, 2.45) is 5.92 Å². The Bertz CT molecular complexity index is 272. The van der Waals surface area contributed by atoms with Crippen LogP contribution in [0, 0.1) is 5.92 Å². The molecule has 0 aliphatic carbocycles. The van der Waals surface area contributed by atoms with E-state index in [1.165, 1.54) is 0 Å². The molecule has 20 heavy (non-hydrogen) atoms. The molecule has 0 bridgehead atoms. The highest BCUT2D eigenvalue weighted by molar-refractivity contribution is 5.76. The van der Waals surface area contributed by atoms with Crippen LogP contribution >= 0.6 is 0 Å². The monoisotopic (exact) mass is 287 g/mol. The molecule has 0 aliphatic rings. The van der Waals surface area contributed by atoms with Crippen LogP contribution in [0.25, 0.3) is 0 Å². The number of rotatable bonds is 13. The highest BCUT2D eigenvalue weighted by Crippen LogP contribution is 2.02. The lowest BCUT2D eigenvalue weighted by Crippen LogP contribution is -2.24. The number of ether oxygens (including phenoxy) is 1. The number of Topliss-reactive ketones (excluding diaryl/α,β-unsaturated/α-hetero) is 1. The Morgan fingerprint density at radius 1 is 1.15 bits per heavy atom. The van der Waals surface area contributed by atoms with Crippen LogP contribution in [0.4, 0.5) is 0 Å². The molecule has 0 aromatic heterocycles. The minimum Gasteiger partial charge on any atom is -0.381 e. The summed E-state index contributed by atoms with van der Waals surface area (Å²) in [5.74, 6) is 0.939. The molecule has 0 heterocycles. The maximum Gasteiger partial charge on any atom is 0.220 e. The van der Waals surface area contributed by atoms with Crippen LogP contribution in [0.1, 0.15) is 67.1 Å². The first kappa shape index (κ1) is 19.1. The Morgan fingerprint density at radius 2 is 1.90 bits per heavy atom. The first-order valence-electron chi connectivity index (χ1n) is 7.90. The number of unbranched alkanes of at least 4 members (excludes halogenated alkanes) is 2. The van der Waals surface area contributed by atoms with Crippen molar-refractivity contribution in [2.75, 3.05) is 19.8 Å². The predicted molar refractivity (Wildman–Crippen MR) is 83.8 cm³/mol. The molecule has 4 heteroatoms. The van der Waals surface area contributed by atoms with Crippen LogP contribution in [0.2, 0.25) is 0 Å². The number of hydrogen-bond donors (Lipinski definition) is 1. The molecular weight excluding hydrogens is 254 g/mol. The Hall–Kier alpha value is -0.900. The van der Waals surface area contributed by atoms with E-state index in [1.807, 2.05) is 0 Å². The van der Waals surface area contributed by atoms with E-state index in [1.54, 1.807) is 6.92 Å². The second kappa shape index (κ2) is 13.1. The fourth-order valence-electron chi connectivity index (χ4n) is 1.73. The van der Waals surface area contributed by atoms with Gasteiger partial charge in [0.2, 0.25) is 5.91 Å². The zero-order valence-electron chi connectivity index (χ0n) is 13.4. The van der Waals surface area contributed by atoms with Gasteiger partial charge in [-0.15, -0.1) is 0 Å². The van der Waals surface area contributed by atoms with Crippen molar-refractivity contribution in [3.63, 3.8) is 0 Å². The van der Waals surface area contributed by atoms with E-state index in [0.29, 0.717) is 31.9 Å². The topological polar surface area (TPSA) is 55.4 Å². The minimum absolute atomic E-state index is 0. The lowest BCUT2D eigenvalue weighted by atomic mass is 10.1. The summed E-state index contributed by atoms with van der Waals surface area (Å²) in [7, 11) is 0. The van der Waals surface area contributed by atoms with Gasteiger partial charge >= 0.3 is 0 Å². The number of nitrogens with one attached hydrogen (secondary N) is 1. The molecule has 0 spiro atoms. The minimum atomic E-state index is 0. The standard InChI is InChI=1S/C16H31NO3.H2/c1-4-14(2)13-20-12-8-10-16(19)17-11-7-5-6-9-15(3)18;/h14H,4-13H2,1-3H3,(H,17,19);1H. The van der Waals surface area contributed by atoms with Crippen LogP contribution in [-0.4, -0.2) is 31.4 Å². The Kier molecular flexibility index (Phi) is 12.5. The average Bonchev–Trinajstić information content (AvgIpc) is 2.41. The van der Waals surface area contributed by atoms with E-state index >= 15 is 0 Å². The smallest absolute Gasteiger partial charge is 0.220 e. The van der Waals surface area contributed by atoms with Gasteiger partial charge in [0, 0.05) is 34.0 Å². The molecule has 0 saturated carbocycles. The molecule has 0 radical (unpaired) electrons. The maximum absolute atomic E-state index is 11.5. The van der Waals surface area contributed by atoms with Crippen LogP contribution in [0.5, 0.6) is 0 Å². The normalized spacial score (nSPS) is 12.2. The Morgan fingerprint density at radius 3 is 2.55 bits per heavy atom. The zero-order chi connectivity index (χ0) is 15.2. The van der Waals surface area contributed by atoms with Crippen molar-refractivity contribution < 1.29 is 15.8 Å². The van der Waals surface area contributed by atoms with Crippen LogP contribution in [-0.2, 0) is 14.3 Å². The van der Waals surface area contributed by atoms with Crippen molar-refractivity contribution >= 4 is 11.7 Å². The fourth-order valence-corrected chi connectivity index (χ4v) is 1.73. The van der Waals surface area contributed by atoms with E-state index in [0.717, 1.165) is 38.7 Å². The Balaban J connectivity index is 0. The molecule has 0 aromatic carbocycles. The molecular formula is C16H33NO3. The van der Waals surface area contributed by atoms with Gasteiger partial charge in [-0.3, -0.25) is 4.79 Å². The number of ketones is 1. The number of hydrogen-bond acceptors (Lipinski definition) is 3. The summed E-state index contributed by atoms with van der Waals surface area (Å²) in [6.45, 7) is 8.09. The van der Waals surface area contributed by atoms with E-state index in [2.05, 4.69) is 19.2 Å². The van der Waals surface area contributed by atoms with E-state index < -0.39 is 0 Å². The fraction of sp³-hybridized carbons (Fsp3) is 0.875. The summed E-state index contributed by atoms with van der Waals surface area (Å²) >= 11 is 0. The number of carbonyl (C=O) groups excluding carboxylic acids is 2. The van der Waals surface area contributed by atoms with Crippen molar-refractivity contribution in [3.8, 4) is 0 Å². The molecule has 1 amide bonds. The number of carbonyl (C=O) groups is 2. The van der Waals surface area contributed by atoms with Gasteiger partial charge in [0.1, 0.15) is 5.78 Å². The summed E-state index contributed by atoms with van der Waals surface area (Å²) in [6.07, 6.45) is 5.97. The third-order valence-corrected chi connectivity index (χ3v) is 3.32. The summed E-state index contributed by atoms with van der Waals surface area (Å²) in [6, 6.07) is 0. The van der Waals surface area contributed by atoms with Gasteiger partial charge < -0.3 is 14.8 Å². The van der Waals surface area contributed by atoms with Gasteiger partial charge in [-0.25, -0.2) is 0 Å². The van der Waals surface area contributed by atoms with E-state index in [4.69, 9.17) is 4.74 Å². The molecule has 4 nitrogen and oxygen atoms in total. The quantitative estimate of drug-likeness (QED) is 0.529. The Labute approximate surface area is 125 Å². The van der Waals surface area contributed by atoms with Crippen LogP contribution < -0.4 is 5.32 Å². The van der Waals surface area contributed by atoms with Gasteiger partial charge in [0.15, 0.2) is 0 Å². The van der Waals surface area contributed by atoms with E-state index in [9.17, 15) is 9.59 Å². The van der Waals surface area contributed by atoms with Gasteiger partial charge in [-0.05, 0) is 32.1 Å². The van der Waals surface area contributed by atoms with Gasteiger partial charge in [-0.2, -0.15) is 0 Å². The lowest BCUT2D eigenvalue weighted by Gasteiger charge is -2.09. The summed E-state index contributed by atoms with van der Waals surface area (Å²) in [4.78, 5) is 22.3. The summed E-state index contributed by atoms with van der Waals surface area (Å²) in [5.41, 5.74) is 0. The molecule has 0 rings (SSSR count). The third-order valence-electron chi connectivity index (χ3n) is 3.32. The molecule has 0 fully saturated rings. The van der Waals surface area contributed by atoms with Gasteiger partial charge in [-0.1, -0.05) is 26.7 Å². The second-order valence-corrected chi connectivity index (χ2v) is 5.55. The predicted octanol–water partition coefficient (Wildman–Crippen LogP) is 3.34. The SMILES string of the molecule is CCC(C)COCCCC(=O)NCCCCCC(C)=O.[HH]. The third kappa shape index (κ3) is 13.5. The maximum atomic E-state index is 11.5. The summed E-state index contributed by atoms with van der Waals surface area (Å²) < 4.78 is 5.50. The van der Waals surface area contributed by atoms with Crippen LogP contribution in [0.15, 0.2) is 0 Å². The second-order valence-electron chi connectivity index (χ2n) is 5.55. The molecule has 1 N–H and O–H groups in total. The highest BCUT2D eigenvalue weighted by Gasteiger charge is 2.02. The first-order chi connectivity index (χ1) is 9.56. The number of amides is 1. The van der Waals surface area contributed by atoms with Gasteiger partial charge in [0.25, 0.3) is 0 Å². The van der Waals surface area contributed by atoms with Crippen LogP contribution in [0.3, 0.4) is 0 Å².